The SMILES string of the molecule is CCOc1ccc(C(=O)N/N=C/c2cc(I)c(Oc3ccc([N+](=O)[O-])cc3[N+](=O)[O-])c(OCC)c2)cc1OCC. The van der Waals surface area contributed by atoms with E-state index in [1.54, 1.807) is 37.3 Å². The molecule has 14 heteroatoms. The van der Waals surface area contributed by atoms with Gasteiger partial charge in [-0.2, -0.15) is 5.10 Å². The number of carbonyl (C=O) groups is 1. The van der Waals surface area contributed by atoms with Crippen molar-refractivity contribution in [2.45, 2.75) is 20.8 Å². The Morgan fingerprint density at radius 3 is 2.17 bits per heavy atom. The molecular formula is C26H25IN4O9. The van der Waals surface area contributed by atoms with Gasteiger partial charge in [-0.1, -0.05) is 0 Å². The summed E-state index contributed by atoms with van der Waals surface area (Å²) in [6.07, 6.45) is 1.40. The largest absolute Gasteiger partial charge is 0.490 e. The molecule has 0 aliphatic carbocycles. The zero-order valence-corrected chi connectivity index (χ0v) is 23.9. The van der Waals surface area contributed by atoms with Gasteiger partial charge in [-0.25, -0.2) is 5.43 Å². The van der Waals surface area contributed by atoms with Crippen LogP contribution in [0.3, 0.4) is 0 Å². The molecule has 0 radical (unpaired) electrons. The van der Waals surface area contributed by atoms with Gasteiger partial charge in [0.1, 0.15) is 0 Å². The number of non-ortho nitro benzene ring substituents is 1. The maximum Gasteiger partial charge on any atom is 0.318 e. The van der Waals surface area contributed by atoms with Gasteiger partial charge in [-0.15, -0.1) is 0 Å². The number of rotatable bonds is 13. The molecule has 0 atom stereocenters. The van der Waals surface area contributed by atoms with E-state index in [4.69, 9.17) is 18.9 Å². The number of hydrogen-bond acceptors (Lipinski definition) is 10. The molecule has 3 rings (SSSR count). The molecule has 0 aliphatic rings. The molecule has 3 aromatic carbocycles. The summed E-state index contributed by atoms with van der Waals surface area (Å²) >= 11 is 1.96. The summed E-state index contributed by atoms with van der Waals surface area (Å²) in [6, 6.07) is 11.2. The van der Waals surface area contributed by atoms with Crippen LogP contribution in [0.4, 0.5) is 11.4 Å². The van der Waals surface area contributed by atoms with Gasteiger partial charge in [0.2, 0.25) is 5.75 Å². The lowest BCUT2D eigenvalue weighted by atomic mass is 10.2. The second-order valence-corrected chi connectivity index (χ2v) is 8.92. The molecule has 0 unspecified atom stereocenters. The molecule has 0 saturated heterocycles. The number of nitrogens with zero attached hydrogens (tertiary/aromatic N) is 3. The fourth-order valence-corrected chi connectivity index (χ4v) is 4.14. The van der Waals surface area contributed by atoms with Crippen LogP contribution in [0.15, 0.2) is 53.6 Å². The summed E-state index contributed by atoms with van der Waals surface area (Å²) in [4.78, 5) is 33.7. The average molecular weight is 664 g/mol. The summed E-state index contributed by atoms with van der Waals surface area (Å²) < 4.78 is 23.1. The van der Waals surface area contributed by atoms with Crippen molar-refractivity contribution in [2.75, 3.05) is 19.8 Å². The lowest BCUT2D eigenvalue weighted by Crippen LogP contribution is -2.17. The molecule has 210 valence electrons. The van der Waals surface area contributed by atoms with Crippen molar-refractivity contribution in [3.05, 3.63) is 83.5 Å². The first kappa shape index (κ1) is 30.1. The lowest BCUT2D eigenvalue weighted by Gasteiger charge is -2.14. The third kappa shape index (κ3) is 7.56. The highest BCUT2D eigenvalue weighted by molar-refractivity contribution is 14.1. The van der Waals surface area contributed by atoms with Crippen LogP contribution in [0.1, 0.15) is 36.7 Å². The highest BCUT2D eigenvalue weighted by Gasteiger charge is 2.23. The van der Waals surface area contributed by atoms with Crippen molar-refractivity contribution in [1.29, 1.82) is 0 Å². The van der Waals surface area contributed by atoms with E-state index in [0.29, 0.717) is 39.4 Å². The van der Waals surface area contributed by atoms with E-state index in [0.717, 1.165) is 18.2 Å². The fourth-order valence-electron chi connectivity index (χ4n) is 3.41. The highest BCUT2D eigenvalue weighted by Crippen LogP contribution is 2.41. The molecule has 3 aromatic rings. The van der Waals surface area contributed by atoms with Crippen molar-refractivity contribution in [3.8, 4) is 28.7 Å². The molecule has 0 spiro atoms. The van der Waals surface area contributed by atoms with Crippen LogP contribution >= 0.6 is 22.6 Å². The quantitative estimate of drug-likeness (QED) is 0.102. The molecule has 1 amide bonds. The Labute approximate surface area is 242 Å². The molecule has 0 saturated carbocycles. The number of hydrogen-bond donors (Lipinski definition) is 1. The Kier molecular flexibility index (Phi) is 10.6. The van der Waals surface area contributed by atoms with E-state index >= 15 is 0 Å². The van der Waals surface area contributed by atoms with Crippen LogP contribution in [-0.2, 0) is 0 Å². The summed E-state index contributed by atoms with van der Waals surface area (Å²) in [6.45, 7) is 6.54. The van der Waals surface area contributed by atoms with Gasteiger partial charge in [0.15, 0.2) is 23.0 Å². The molecule has 40 heavy (non-hydrogen) atoms. The number of amides is 1. The third-order valence-electron chi connectivity index (χ3n) is 5.08. The van der Waals surface area contributed by atoms with E-state index in [1.165, 1.54) is 6.21 Å². The van der Waals surface area contributed by atoms with Crippen LogP contribution in [0.2, 0.25) is 0 Å². The number of ether oxygens (including phenoxy) is 4. The smallest absolute Gasteiger partial charge is 0.318 e. The monoisotopic (exact) mass is 664 g/mol. The Morgan fingerprint density at radius 1 is 0.875 bits per heavy atom. The molecule has 0 aromatic heterocycles. The van der Waals surface area contributed by atoms with E-state index < -0.39 is 27.1 Å². The minimum absolute atomic E-state index is 0.179. The van der Waals surface area contributed by atoms with Crippen LogP contribution in [0.5, 0.6) is 28.7 Å². The van der Waals surface area contributed by atoms with Crippen molar-refractivity contribution in [1.82, 2.24) is 5.43 Å². The summed E-state index contributed by atoms with van der Waals surface area (Å²) in [7, 11) is 0. The highest BCUT2D eigenvalue weighted by atomic mass is 127. The molecule has 0 aliphatic heterocycles. The number of nitrogens with one attached hydrogen (secondary N) is 1. The maximum absolute atomic E-state index is 12.6. The van der Waals surface area contributed by atoms with Gasteiger partial charge in [0.25, 0.3) is 11.6 Å². The molecule has 1 N–H and O–H groups in total. The third-order valence-corrected chi connectivity index (χ3v) is 5.88. The van der Waals surface area contributed by atoms with E-state index in [9.17, 15) is 25.0 Å². The van der Waals surface area contributed by atoms with Crippen LogP contribution < -0.4 is 24.4 Å². The van der Waals surface area contributed by atoms with Gasteiger partial charge in [-0.05, 0) is 85.3 Å². The fraction of sp³-hybridized carbons (Fsp3) is 0.231. The van der Waals surface area contributed by atoms with E-state index in [1.807, 2.05) is 36.4 Å². The van der Waals surface area contributed by atoms with E-state index in [2.05, 4.69) is 10.5 Å². The summed E-state index contributed by atoms with van der Waals surface area (Å²) in [5, 5.41) is 26.6. The Bertz CT molecular complexity index is 1450. The van der Waals surface area contributed by atoms with E-state index in [-0.39, 0.29) is 23.9 Å². The van der Waals surface area contributed by atoms with Gasteiger partial charge >= 0.3 is 5.69 Å². The number of benzene rings is 3. The molecule has 13 nitrogen and oxygen atoms in total. The minimum atomic E-state index is -0.763. The topological polar surface area (TPSA) is 165 Å². The number of carbonyl (C=O) groups excluding carboxylic acids is 1. The normalized spacial score (nSPS) is 10.7. The van der Waals surface area contributed by atoms with Gasteiger partial charge in [-0.3, -0.25) is 25.0 Å². The zero-order chi connectivity index (χ0) is 29.2. The van der Waals surface area contributed by atoms with Crippen molar-refractivity contribution < 1.29 is 33.6 Å². The van der Waals surface area contributed by atoms with Crippen molar-refractivity contribution in [3.63, 3.8) is 0 Å². The van der Waals surface area contributed by atoms with Gasteiger partial charge in [0.05, 0.1) is 45.5 Å². The van der Waals surface area contributed by atoms with Crippen molar-refractivity contribution in [2.24, 2.45) is 5.10 Å². The standard InChI is InChI=1S/C26H25IN4O9/c1-4-37-22-9-7-17(13-23(22)38-5-2)26(32)29-28-15-16-11-19(27)25(24(12-16)39-6-3)40-21-10-8-18(30(33)34)14-20(21)31(35)36/h7-15H,4-6H2,1-3H3,(H,29,32)/b28-15+. The first-order valence-electron chi connectivity index (χ1n) is 12.0. The predicted molar refractivity (Wildman–Crippen MR) is 154 cm³/mol. The lowest BCUT2D eigenvalue weighted by molar-refractivity contribution is -0.394. The summed E-state index contributed by atoms with van der Waals surface area (Å²) in [5.74, 6) is 0.751. The number of nitro groups is 2. The Hall–Kier alpha value is -4.47. The first-order valence-corrected chi connectivity index (χ1v) is 13.1. The summed E-state index contributed by atoms with van der Waals surface area (Å²) in [5.41, 5.74) is 2.32. The zero-order valence-electron chi connectivity index (χ0n) is 21.7. The Balaban J connectivity index is 1.83. The van der Waals surface area contributed by atoms with Crippen molar-refractivity contribution >= 4 is 46.1 Å². The second-order valence-electron chi connectivity index (χ2n) is 7.76. The molecular weight excluding hydrogens is 639 g/mol. The average Bonchev–Trinajstić information content (AvgIpc) is 2.91. The van der Waals surface area contributed by atoms with Crippen LogP contribution in [-0.4, -0.2) is 41.8 Å². The predicted octanol–water partition coefficient (Wildman–Crippen LogP) is 5.86. The van der Waals surface area contributed by atoms with Crippen LogP contribution in [0, 0.1) is 23.8 Å². The van der Waals surface area contributed by atoms with Gasteiger partial charge < -0.3 is 18.9 Å². The number of hydrazone groups is 1. The number of nitro benzene ring substituents is 2. The second kappa shape index (κ2) is 14.1. The minimum Gasteiger partial charge on any atom is -0.490 e. The first-order chi connectivity index (χ1) is 19.2. The van der Waals surface area contributed by atoms with Gasteiger partial charge in [0, 0.05) is 11.6 Å². The molecule has 0 fully saturated rings. The molecule has 0 bridgehead atoms. The number of halogens is 1. The Morgan fingerprint density at radius 2 is 1.52 bits per heavy atom. The van der Waals surface area contributed by atoms with Crippen LogP contribution in [0.25, 0.3) is 0 Å². The maximum atomic E-state index is 12.6. The molecule has 0 heterocycles.